The number of amides is 1. The summed E-state index contributed by atoms with van der Waals surface area (Å²) in [5, 5.41) is 6.76. The van der Waals surface area contributed by atoms with E-state index in [1.165, 1.54) is 18.4 Å². The van der Waals surface area contributed by atoms with Gasteiger partial charge in [0.2, 0.25) is 5.91 Å². The minimum Gasteiger partial charge on any atom is -0.348 e. The number of hydrogen-bond donors (Lipinski definition) is 2. The molecule has 2 aliphatic rings. The molecule has 3 heteroatoms. The Morgan fingerprint density at radius 1 is 1.38 bits per heavy atom. The van der Waals surface area contributed by atoms with Gasteiger partial charge in [-0.1, -0.05) is 43.7 Å². The van der Waals surface area contributed by atoms with Crippen LogP contribution in [0, 0.1) is 11.3 Å². The quantitative estimate of drug-likeness (QED) is 0.844. The Kier molecular flexibility index (Phi) is 4.29. The van der Waals surface area contributed by atoms with Crippen LogP contribution in [0.5, 0.6) is 0 Å². The summed E-state index contributed by atoms with van der Waals surface area (Å²) in [7, 11) is 0. The minimum atomic E-state index is -0.184. The Morgan fingerprint density at radius 2 is 2.14 bits per heavy atom. The van der Waals surface area contributed by atoms with E-state index in [9.17, 15) is 4.79 Å². The molecule has 0 spiro atoms. The summed E-state index contributed by atoms with van der Waals surface area (Å²) in [6.45, 7) is 3.97. The molecule has 3 nitrogen and oxygen atoms in total. The van der Waals surface area contributed by atoms with E-state index in [-0.39, 0.29) is 17.4 Å². The number of hydrogen-bond acceptors (Lipinski definition) is 2. The molecule has 1 aliphatic carbocycles. The van der Waals surface area contributed by atoms with Crippen molar-refractivity contribution in [1.29, 1.82) is 0 Å². The largest absolute Gasteiger partial charge is 0.348 e. The first-order chi connectivity index (χ1) is 10.2. The van der Waals surface area contributed by atoms with Crippen molar-refractivity contribution in [2.45, 2.75) is 45.1 Å². The number of benzene rings is 1. The summed E-state index contributed by atoms with van der Waals surface area (Å²) < 4.78 is 0. The molecular formula is C18H26N2O. The van der Waals surface area contributed by atoms with E-state index in [1.807, 2.05) is 6.07 Å². The molecule has 1 aliphatic heterocycles. The zero-order valence-electron chi connectivity index (χ0n) is 12.9. The third-order valence-electron chi connectivity index (χ3n) is 4.99. The number of nitrogens with one attached hydrogen (secondary N) is 2. The molecule has 0 aromatic heterocycles. The minimum absolute atomic E-state index is 0.184. The van der Waals surface area contributed by atoms with Crippen molar-refractivity contribution >= 4 is 5.91 Å². The number of carbonyl (C=O) groups is 1. The molecule has 1 saturated carbocycles. The second-order valence-corrected chi connectivity index (χ2v) is 6.66. The number of rotatable bonds is 6. The van der Waals surface area contributed by atoms with Crippen LogP contribution in [0.2, 0.25) is 0 Å². The van der Waals surface area contributed by atoms with Gasteiger partial charge >= 0.3 is 0 Å². The van der Waals surface area contributed by atoms with Crippen molar-refractivity contribution in [3.63, 3.8) is 0 Å². The SMILES string of the molecule is CCCC1(C(=O)NC(c2ccccc2)C2CC2)CCNC1. The molecule has 1 saturated heterocycles. The average molecular weight is 286 g/mol. The van der Waals surface area contributed by atoms with Gasteiger partial charge in [-0.05, 0) is 43.7 Å². The summed E-state index contributed by atoms with van der Waals surface area (Å²) in [6.07, 6.45) is 5.49. The summed E-state index contributed by atoms with van der Waals surface area (Å²) in [5.74, 6) is 0.888. The van der Waals surface area contributed by atoms with Crippen LogP contribution in [0.25, 0.3) is 0 Å². The van der Waals surface area contributed by atoms with E-state index < -0.39 is 0 Å². The summed E-state index contributed by atoms with van der Waals surface area (Å²) in [4.78, 5) is 12.9. The molecule has 21 heavy (non-hydrogen) atoms. The smallest absolute Gasteiger partial charge is 0.228 e. The van der Waals surface area contributed by atoms with E-state index in [0.717, 1.165) is 32.4 Å². The molecule has 1 aromatic rings. The Bertz CT molecular complexity index is 475. The lowest BCUT2D eigenvalue weighted by molar-refractivity contribution is -0.131. The zero-order valence-corrected chi connectivity index (χ0v) is 12.9. The Balaban J connectivity index is 1.75. The van der Waals surface area contributed by atoms with Gasteiger partial charge in [0.15, 0.2) is 0 Å². The number of carbonyl (C=O) groups excluding carboxylic acids is 1. The first-order valence-electron chi connectivity index (χ1n) is 8.32. The van der Waals surface area contributed by atoms with Crippen molar-refractivity contribution in [3.05, 3.63) is 35.9 Å². The van der Waals surface area contributed by atoms with Gasteiger partial charge in [0.05, 0.1) is 11.5 Å². The van der Waals surface area contributed by atoms with Crippen LogP contribution >= 0.6 is 0 Å². The fourth-order valence-corrected chi connectivity index (χ4v) is 3.60. The van der Waals surface area contributed by atoms with Crippen molar-refractivity contribution < 1.29 is 4.79 Å². The molecule has 1 heterocycles. The van der Waals surface area contributed by atoms with Crippen LogP contribution < -0.4 is 10.6 Å². The van der Waals surface area contributed by atoms with Crippen LogP contribution in [0.3, 0.4) is 0 Å². The first kappa shape index (κ1) is 14.6. The van der Waals surface area contributed by atoms with E-state index in [2.05, 4.69) is 41.8 Å². The van der Waals surface area contributed by atoms with E-state index in [0.29, 0.717) is 5.92 Å². The normalized spacial score (nSPS) is 26.5. The van der Waals surface area contributed by atoms with Crippen molar-refractivity contribution in [2.24, 2.45) is 11.3 Å². The van der Waals surface area contributed by atoms with E-state index in [1.54, 1.807) is 0 Å². The highest BCUT2D eigenvalue weighted by Gasteiger charge is 2.43. The Hall–Kier alpha value is -1.35. The molecule has 3 rings (SSSR count). The topological polar surface area (TPSA) is 41.1 Å². The molecule has 2 N–H and O–H groups in total. The van der Waals surface area contributed by atoms with Gasteiger partial charge in [-0.3, -0.25) is 4.79 Å². The lowest BCUT2D eigenvalue weighted by atomic mass is 9.81. The van der Waals surface area contributed by atoms with Gasteiger partial charge in [-0.2, -0.15) is 0 Å². The van der Waals surface area contributed by atoms with Crippen LogP contribution in [0.4, 0.5) is 0 Å². The molecule has 114 valence electrons. The summed E-state index contributed by atoms with van der Waals surface area (Å²) >= 11 is 0. The molecule has 2 fully saturated rings. The summed E-state index contributed by atoms with van der Waals surface area (Å²) in [5.41, 5.74) is 1.07. The molecule has 1 aromatic carbocycles. The van der Waals surface area contributed by atoms with Crippen LogP contribution in [0.1, 0.15) is 50.6 Å². The maximum absolute atomic E-state index is 12.9. The molecule has 2 atom stereocenters. The zero-order chi connectivity index (χ0) is 14.7. The van der Waals surface area contributed by atoms with Gasteiger partial charge in [0.1, 0.15) is 0 Å². The average Bonchev–Trinajstić information content (AvgIpc) is 3.24. The predicted molar refractivity (Wildman–Crippen MR) is 84.9 cm³/mol. The third kappa shape index (κ3) is 3.13. The molecule has 0 radical (unpaired) electrons. The van der Waals surface area contributed by atoms with E-state index in [4.69, 9.17) is 0 Å². The highest BCUT2D eigenvalue weighted by Crippen LogP contribution is 2.42. The van der Waals surface area contributed by atoms with Crippen molar-refractivity contribution in [1.82, 2.24) is 10.6 Å². The second-order valence-electron chi connectivity index (χ2n) is 6.66. The summed E-state index contributed by atoms with van der Waals surface area (Å²) in [6, 6.07) is 10.7. The third-order valence-corrected chi connectivity index (χ3v) is 4.99. The van der Waals surface area contributed by atoms with Crippen LogP contribution in [-0.2, 0) is 4.79 Å². The van der Waals surface area contributed by atoms with Gasteiger partial charge in [-0.15, -0.1) is 0 Å². The highest BCUT2D eigenvalue weighted by molar-refractivity contribution is 5.83. The fraction of sp³-hybridized carbons (Fsp3) is 0.611. The lowest BCUT2D eigenvalue weighted by Crippen LogP contribution is -2.44. The van der Waals surface area contributed by atoms with Gasteiger partial charge in [0.25, 0.3) is 0 Å². The maximum atomic E-state index is 12.9. The Morgan fingerprint density at radius 3 is 2.71 bits per heavy atom. The maximum Gasteiger partial charge on any atom is 0.228 e. The van der Waals surface area contributed by atoms with E-state index >= 15 is 0 Å². The second kappa shape index (κ2) is 6.18. The molecule has 2 unspecified atom stereocenters. The molecule has 0 bridgehead atoms. The van der Waals surface area contributed by atoms with Crippen molar-refractivity contribution in [2.75, 3.05) is 13.1 Å². The van der Waals surface area contributed by atoms with Crippen LogP contribution in [0.15, 0.2) is 30.3 Å². The van der Waals surface area contributed by atoms with Gasteiger partial charge in [-0.25, -0.2) is 0 Å². The van der Waals surface area contributed by atoms with Gasteiger partial charge in [0, 0.05) is 6.54 Å². The van der Waals surface area contributed by atoms with Crippen LogP contribution in [-0.4, -0.2) is 19.0 Å². The van der Waals surface area contributed by atoms with Gasteiger partial charge < -0.3 is 10.6 Å². The Labute approximate surface area is 127 Å². The highest BCUT2D eigenvalue weighted by atomic mass is 16.2. The molecular weight excluding hydrogens is 260 g/mol. The fourth-order valence-electron chi connectivity index (χ4n) is 3.60. The monoisotopic (exact) mass is 286 g/mol. The lowest BCUT2D eigenvalue weighted by Gasteiger charge is -2.30. The first-order valence-corrected chi connectivity index (χ1v) is 8.32. The molecule has 1 amide bonds. The predicted octanol–water partition coefficient (Wildman–Crippen LogP) is 3.03. The van der Waals surface area contributed by atoms with Crippen molar-refractivity contribution in [3.8, 4) is 0 Å². The standard InChI is InChI=1S/C18H26N2O/c1-2-10-18(11-12-19-13-18)17(21)20-16(15-8-9-15)14-6-4-3-5-7-14/h3-7,15-16,19H,2,8-13H2,1H3,(H,20,21).